The Bertz CT molecular complexity index is 774. The van der Waals surface area contributed by atoms with Crippen LogP contribution in [-0.4, -0.2) is 15.0 Å². The van der Waals surface area contributed by atoms with Crippen molar-refractivity contribution >= 4 is 21.4 Å². The standard InChI is InChI=1S/C14H13FN2O2S/c15-11-4-1-2-7-14(11)20(18,19)17-9-8-10-12(16)5-3-6-13(10)17/h1-7H,8-9,16H2. The van der Waals surface area contributed by atoms with Crippen LogP contribution in [-0.2, 0) is 16.4 Å². The quantitative estimate of drug-likeness (QED) is 0.863. The van der Waals surface area contributed by atoms with Crippen LogP contribution in [0.4, 0.5) is 15.8 Å². The van der Waals surface area contributed by atoms with E-state index in [0.29, 0.717) is 17.8 Å². The molecule has 1 aliphatic rings. The molecule has 0 spiro atoms. The second-order valence-electron chi connectivity index (χ2n) is 4.60. The Kier molecular flexibility index (Phi) is 2.90. The number of nitrogen functional groups attached to an aromatic ring is 1. The zero-order valence-electron chi connectivity index (χ0n) is 10.6. The fourth-order valence-electron chi connectivity index (χ4n) is 2.45. The van der Waals surface area contributed by atoms with Crippen LogP contribution in [0, 0.1) is 5.82 Å². The van der Waals surface area contributed by atoms with Crippen molar-refractivity contribution in [3.8, 4) is 0 Å². The van der Waals surface area contributed by atoms with Gasteiger partial charge < -0.3 is 5.73 Å². The van der Waals surface area contributed by atoms with Gasteiger partial charge in [-0.15, -0.1) is 0 Å². The molecule has 1 aliphatic heterocycles. The molecule has 0 aliphatic carbocycles. The van der Waals surface area contributed by atoms with Crippen molar-refractivity contribution < 1.29 is 12.8 Å². The van der Waals surface area contributed by atoms with Gasteiger partial charge in [0.1, 0.15) is 10.7 Å². The summed E-state index contributed by atoms with van der Waals surface area (Å²) in [7, 11) is -3.90. The van der Waals surface area contributed by atoms with Crippen LogP contribution in [0.25, 0.3) is 0 Å². The Morgan fingerprint density at radius 2 is 1.85 bits per heavy atom. The SMILES string of the molecule is Nc1cccc2c1CCN2S(=O)(=O)c1ccccc1F. The first-order chi connectivity index (χ1) is 9.51. The molecule has 2 aromatic rings. The fraction of sp³-hybridized carbons (Fsp3) is 0.143. The Morgan fingerprint density at radius 1 is 1.10 bits per heavy atom. The summed E-state index contributed by atoms with van der Waals surface area (Å²) in [5.41, 5.74) is 7.75. The highest BCUT2D eigenvalue weighted by Crippen LogP contribution is 2.36. The summed E-state index contributed by atoms with van der Waals surface area (Å²) in [6, 6.07) is 10.5. The van der Waals surface area contributed by atoms with Crippen LogP contribution in [0.15, 0.2) is 47.4 Å². The van der Waals surface area contributed by atoms with E-state index in [0.717, 1.165) is 11.6 Å². The number of nitrogens with two attached hydrogens (primary N) is 1. The largest absolute Gasteiger partial charge is 0.398 e. The minimum absolute atomic E-state index is 0.278. The predicted octanol–water partition coefficient (Wildman–Crippen LogP) is 2.16. The fourth-order valence-corrected chi connectivity index (χ4v) is 4.02. The van der Waals surface area contributed by atoms with Crippen LogP contribution in [0.5, 0.6) is 0 Å². The molecule has 20 heavy (non-hydrogen) atoms. The zero-order valence-corrected chi connectivity index (χ0v) is 11.4. The molecule has 3 rings (SSSR count). The van der Waals surface area contributed by atoms with Crippen molar-refractivity contribution in [2.24, 2.45) is 0 Å². The minimum Gasteiger partial charge on any atom is -0.398 e. The van der Waals surface area contributed by atoms with Crippen LogP contribution >= 0.6 is 0 Å². The second kappa shape index (κ2) is 4.49. The molecule has 6 heteroatoms. The highest BCUT2D eigenvalue weighted by atomic mass is 32.2. The molecule has 0 atom stereocenters. The number of fused-ring (bicyclic) bond motifs is 1. The lowest BCUT2D eigenvalue weighted by molar-refractivity contribution is 0.564. The molecule has 0 saturated carbocycles. The van der Waals surface area contributed by atoms with Crippen LogP contribution in [0.2, 0.25) is 0 Å². The molecule has 0 radical (unpaired) electrons. The van der Waals surface area contributed by atoms with Gasteiger partial charge in [0.25, 0.3) is 10.0 Å². The highest BCUT2D eigenvalue weighted by Gasteiger charge is 2.33. The van der Waals surface area contributed by atoms with E-state index in [4.69, 9.17) is 5.73 Å². The summed E-state index contributed by atoms with van der Waals surface area (Å²) in [4.78, 5) is -0.310. The Morgan fingerprint density at radius 3 is 2.60 bits per heavy atom. The first-order valence-electron chi connectivity index (χ1n) is 6.16. The van der Waals surface area contributed by atoms with E-state index in [1.54, 1.807) is 18.2 Å². The van der Waals surface area contributed by atoms with Crippen molar-refractivity contribution in [1.29, 1.82) is 0 Å². The Hall–Kier alpha value is -2.08. The van der Waals surface area contributed by atoms with Crippen molar-refractivity contribution in [2.45, 2.75) is 11.3 Å². The second-order valence-corrected chi connectivity index (χ2v) is 6.43. The minimum atomic E-state index is -3.90. The maximum absolute atomic E-state index is 13.8. The first kappa shape index (κ1) is 12.9. The van der Waals surface area contributed by atoms with Gasteiger partial charge in [-0.25, -0.2) is 12.8 Å². The van der Waals surface area contributed by atoms with E-state index in [1.807, 2.05) is 0 Å². The molecule has 0 amide bonds. The van der Waals surface area contributed by atoms with Crippen molar-refractivity contribution in [3.63, 3.8) is 0 Å². The average molecular weight is 292 g/mol. The van der Waals surface area contributed by atoms with Gasteiger partial charge >= 0.3 is 0 Å². The number of benzene rings is 2. The highest BCUT2D eigenvalue weighted by molar-refractivity contribution is 7.92. The first-order valence-corrected chi connectivity index (χ1v) is 7.60. The number of halogens is 1. The number of sulfonamides is 1. The number of rotatable bonds is 2. The van der Waals surface area contributed by atoms with Crippen molar-refractivity contribution in [3.05, 3.63) is 53.8 Å². The molecule has 104 valence electrons. The molecule has 0 aromatic heterocycles. The zero-order chi connectivity index (χ0) is 14.3. The van der Waals surface area contributed by atoms with Gasteiger partial charge in [-0.3, -0.25) is 4.31 Å². The molecule has 0 bridgehead atoms. The topological polar surface area (TPSA) is 63.4 Å². The lowest BCUT2D eigenvalue weighted by Crippen LogP contribution is -2.29. The average Bonchev–Trinajstić information content (AvgIpc) is 2.85. The van der Waals surface area contributed by atoms with Crippen LogP contribution in [0.1, 0.15) is 5.56 Å². The van der Waals surface area contributed by atoms with E-state index in [2.05, 4.69) is 0 Å². The van der Waals surface area contributed by atoms with E-state index >= 15 is 0 Å². The molecule has 0 saturated heterocycles. The molecule has 0 unspecified atom stereocenters. The molecule has 1 heterocycles. The van der Waals surface area contributed by atoms with E-state index in [1.165, 1.54) is 22.5 Å². The third kappa shape index (κ3) is 1.84. The molecule has 4 nitrogen and oxygen atoms in total. The van der Waals surface area contributed by atoms with E-state index in [-0.39, 0.29) is 11.4 Å². The van der Waals surface area contributed by atoms with E-state index < -0.39 is 15.8 Å². The van der Waals surface area contributed by atoms with Crippen LogP contribution < -0.4 is 10.0 Å². The lowest BCUT2D eigenvalue weighted by Gasteiger charge is -2.20. The summed E-state index contributed by atoms with van der Waals surface area (Å²) in [5, 5.41) is 0. The summed E-state index contributed by atoms with van der Waals surface area (Å²) in [6.07, 6.45) is 0.537. The maximum Gasteiger partial charge on any atom is 0.267 e. The third-order valence-corrected chi connectivity index (χ3v) is 5.27. The maximum atomic E-state index is 13.8. The van der Waals surface area contributed by atoms with Gasteiger partial charge in [-0.1, -0.05) is 18.2 Å². The number of nitrogens with zero attached hydrogens (tertiary/aromatic N) is 1. The third-order valence-electron chi connectivity index (χ3n) is 3.43. The summed E-state index contributed by atoms with van der Waals surface area (Å²) < 4.78 is 40.1. The molecular weight excluding hydrogens is 279 g/mol. The van der Waals surface area contributed by atoms with Gasteiger partial charge in [0.2, 0.25) is 0 Å². The monoisotopic (exact) mass is 292 g/mol. The Labute approximate surface area is 116 Å². The van der Waals surface area contributed by atoms with Gasteiger partial charge in [-0.2, -0.15) is 0 Å². The van der Waals surface area contributed by atoms with Gasteiger partial charge in [-0.05, 0) is 30.7 Å². The van der Waals surface area contributed by atoms with Crippen molar-refractivity contribution in [1.82, 2.24) is 0 Å². The number of hydrogen-bond donors (Lipinski definition) is 1. The van der Waals surface area contributed by atoms with E-state index in [9.17, 15) is 12.8 Å². The summed E-state index contributed by atoms with van der Waals surface area (Å²) >= 11 is 0. The van der Waals surface area contributed by atoms with Gasteiger partial charge in [0.15, 0.2) is 0 Å². The molecule has 0 fully saturated rings. The van der Waals surface area contributed by atoms with Crippen molar-refractivity contribution in [2.75, 3.05) is 16.6 Å². The lowest BCUT2D eigenvalue weighted by atomic mass is 10.1. The summed E-state index contributed by atoms with van der Waals surface area (Å²) in [5.74, 6) is -0.746. The van der Waals surface area contributed by atoms with Crippen LogP contribution in [0.3, 0.4) is 0 Å². The predicted molar refractivity (Wildman–Crippen MR) is 75.5 cm³/mol. The number of anilines is 2. The molecule has 2 N–H and O–H groups in total. The Balaban J connectivity index is 2.13. The smallest absolute Gasteiger partial charge is 0.267 e. The molecular formula is C14H13FN2O2S. The van der Waals surface area contributed by atoms with Gasteiger partial charge in [0.05, 0.1) is 5.69 Å². The normalized spacial score (nSPS) is 14.3. The summed E-state index contributed by atoms with van der Waals surface area (Å²) in [6.45, 7) is 0.278. The number of hydrogen-bond acceptors (Lipinski definition) is 3. The van der Waals surface area contributed by atoms with Gasteiger partial charge in [0, 0.05) is 17.8 Å². The molecule has 2 aromatic carbocycles.